The molecule has 1 aromatic heterocycles. The van der Waals surface area contributed by atoms with Crippen molar-refractivity contribution in [2.75, 3.05) is 11.1 Å². The van der Waals surface area contributed by atoms with Gasteiger partial charge in [0.1, 0.15) is 5.82 Å². The molecule has 0 unspecified atom stereocenters. The number of anilines is 1. The first-order valence-corrected chi connectivity index (χ1v) is 9.61. The fourth-order valence-electron chi connectivity index (χ4n) is 2.54. The van der Waals surface area contributed by atoms with E-state index in [0.29, 0.717) is 17.7 Å². The van der Waals surface area contributed by atoms with E-state index in [4.69, 9.17) is 0 Å². The van der Waals surface area contributed by atoms with E-state index in [9.17, 15) is 4.79 Å². The van der Waals surface area contributed by atoms with Gasteiger partial charge in [0, 0.05) is 22.1 Å². The highest BCUT2D eigenvalue weighted by atomic mass is 79.9. The maximum absolute atomic E-state index is 12.1. The van der Waals surface area contributed by atoms with Gasteiger partial charge in [-0.1, -0.05) is 27.7 Å². The zero-order valence-corrected chi connectivity index (χ0v) is 14.9. The van der Waals surface area contributed by atoms with Crippen LogP contribution in [0, 0.1) is 0 Å². The highest BCUT2D eigenvalue weighted by molar-refractivity contribution is 9.10. The highest BCUT2D eigenvalue weighted by Gasteiger charge is 2.36. The molecule has 0 bridgehead atoms. The molecular formula is C16H17BrN4OS. The molecule has 2 saturated carbocycles. The van der Waals surface area contributed by atoms with Crippen LogP contribution >= 0.6 is 27.7 Å². The van der Waals surface area contributed by atoms with Crippen LogP contribution in [0.2, 0.25) is 0 Å². The van der Waals surface area contributed by atoms with Gasteiger partial charge < -0.3 is 9.88 Å². The summed E-state index contributed by atoms with van der Waals surface area (Å²) in [6, 6.07) is 8.13. The third-order valence-electron chi connectivity index (χ3n) is 4.01. The predicted octanol–water partition coefficient (Wildman–Crippen LogP) is 3.98. The van der Waals surface area contributed by atoms with Gasteiger partial charge in [0.15, 0.2) is 5.16 Å². The SMILES string of the molecule is O=C(CSc1nnc(C2CC2)n1C1CC1)Nc1ccc(Br)cc1. The summed E-state index contributed by atoms with van der Waals surface area (Å²) in [4.78, 5) is 12.1. The number of nitrogens with one attached hydrogen (secondary N) is 1. The van der Waals surface area contributed by atoms with Crippen molar-refractivity contribution in [3.63, 3.8) is 0 Å². The van der Waals surface area contributed by atoms with Crippen LogP contribution in [-0.4, -0.2) is 26.4 Å². The van der Waals surface area contributed by atoms with Gasteiger partial charge in [-0.3, -0.25) is 4.79 Å². The molecule has 2 aromatic rings. The summed E-state index contributed by atoms with van der Waals surface area (Å²) in [6.07, 6.45) is 4.85. The lowest BCUT2D eigenvalue weighted by Gasteiger charge is -2.08. The number of rotatable bonds is 6. The number of benzene rings is 1. The van der Waals surface area contributed by atoms with E-state index in [1.807, 2.05) is 24.3 Å². The minimum atomic E-state index is -0.0179. The van der Waals surface area contributed by atoms with E-state index in [0.717, 1.165) is 21.1 Å². The topological polar surface area (TPSA) is 59.8 Å². The molecule has 120 valence electrons. The monoisotopic (exact) mass is 392 g/mol. The average Bonchev–Trinajstić information content (AvgIpc) is 3.46. The number of thioether (sulfide) groups is 1. The van der Waals surface area contributed by atoms with Gasteiger partial charge in [-0.05, 0) is 49.9 Å². The number of amides is 1. The second-order valence-corrected chi connectivity index (χ2v) is 7.92. The molecule has 1 N–H and O–H groups in total. The highest BCUT2D eigenvalue weighted by Crippen LogP contribution is 2.45. The molecule has 1 heterocycles. The lowest BCUT2D eigenvalue weighted by molar-refractivity contribution is -0.113. The molecule has 0 atom stereocenters. The Balaban J connectivity index is 1.39. The van der Waals surface area contributed by atoms with E-state index in [1.54, 1.807) is 0 Å². The number of hydrogen-bond donors (Lipinski definition) is 1. The van der Waals surface area contributed by atoms with Gasteiger partial charge in [-0.2, -0.15) is 0 Å². The van der Waals surface area contributed by atoms with Crippen molar-refractivity contribution in [1.82, 2.24) is 14.8 Å². The van der Waals surface area contributed by atoms with Crippen molar-refractivity contribution >= 4 is 39.3 Å². The maximum Gasteiger partial charge on any atom is 0.234 e. The Morgan fingerprint density at radius 3 is 2.61 bits per heavy atom. The molecule has 5 nitrogen and oxygen atoms in total. The average molecular weight is 393 g/mol. The van der Waals surface area contributed by atoms with Crippen molar-refractivity contribution in [2.24, 2.45) is 0 Å². The number of aromatic nitrogens is 3. The summed E-state index contributed by atoms with van der Waals surface area (Å²) >= 11 is 4.86. The van der Waals surface area contributed by atoms with Gasteiger partial charge in [0.2, 0.25) is 5.91 Å². The van der Waals surface area contributed by atoms with E-state index in [-0.39, 0.29) is 5.91 Å². The summed E-state index contributed by atoms with van der Waals surface area (Å²) in [6.45, 7) is 0. The van der Waals surface area contributed by atoms with Crippen LogP contribution in [0.4, 0.5) is 5.69 Å². The second kappa shape index (κ2) is 6.28. The molecule has 0 saturated heterocycles. The third-order valence-corrected chi connectivity index (χ3v) is 5.48. The molecule has 0 radical (unpaired) electrons. The van der Waals surface area contributed by atoms with Crippen LogP contribution in [0.1, 0.15) is 43.5 Å². The second-order valence-electron chi connectivity index (χ2n) is 6.06. The molecule has 1 amide bonds. The Kier molecular flexibility index (Phi) is 4.15. The molecule has 7 heteroatoms. The first kappa shape index (κ1) is 15.2. The summed E-state index contributed by atoms with van der Waals surface area (Å²) < 4.78 is 3.27. The molecule has 23 heavy (non-hydrogen) atoms. The number of nitrogens with zero attached hydrogens (tertiary/aromatic N) is 3. The molecule has 1 aromatic carbocycles. The Morgan fingerprint density at radius 1 is 1.22 bits per heavy atom. The van der Waals surface area contributed by atoms with Crippen molar-refractivity contribution in [2.45, 2.75) is 42.8 Å². The zero-order valence-electron chi connectivity index (χ0n) is 12.5. The lowest BCUT2D eigenvalue weighted by Crippen LogP contribution is -2.14. The Labute approximate surface area is 147 Å². The third kappa shape index (κ3) is 3.61. The lowest BCUT2D eigenvalue weighted by atomic mass is 10.3. The van der Waals surface area contributed by atoms with Crippen LogP contribution in [0.25, 0.3) is 0 Å². The normalized spacial score (nSPS) is 17.3. The van der Waals surface area contributed by atoms with Crippen LogP contribution in [0.3, 0.4) is 0 Å². The number of halogens is 1. The van der Waals surface area contributed by atoms with Gasteiger partial charge in [-0.25, -0.2) is 0 Å². The Hall–Kier alpha value is -1.34. The van der Waals surface area contributed by atoms with Crippen LogP contribution in [-0.2, 0) is 4.79 Å². The van der Waals surface area contributed by atoms with Crippen LogP contribution in [0.5, 0.6) is 0 Å². The smallest absolute Gasteiger partial charge is 0.234 e. The number of carbonyl (C=O) groups is 1. The maximum atomic E-state index is 12.1. The van der Waals surface area contributed by atoms with Crippen molar-refractivity contribution in [1.29, 1.82) is 0 Å². The molecule has 2 fully saturated rings. The largest absolute Gasteiger partial charge is 0.325 e. The first-order valence-electron chi connectivity index (χ1n) is 7.84. The van der Waals surface area contributed by atoms with Crippen LogP contribution < -0.4 is 5.32 Å². The van der Waals surface area contributed by atoms with Gasteiger partial charge >= 0.3 is 0 Å². The predicted molar refractivity (Wildman–Crippen MR) is 93.8 cm³/mol. The summed E-state index contributed by atoms with van der Waals surface area (Å²) in [5.74, 6) is 2.05. The van der Waals surface area contributed by atoms with Gasteiger partial charge in [0.25, 0.3) is 0 Å². The molecule has 2 aliphatic rings. The Morgan fingerprint density at radius 2 is 1.96 bits per heavy atom. The number of hydrogen-bond acceptors (Lipinski definition) is 4. The minimum absolute atomic E-state index is 0.0179. The quantitative estimate of drug-likeness (QED) is 0.755. The van der Waals surface area contributed by atoms with E-state index in [1.165, 1.54) is 37.4 Å². The fourth-order valence-corrected chi connectivity index (χ4v) is 3.62. The summed E-state index contributed by atoms with van der Waals surface area (Å²) in [7, 11) is 0. The van der Waals surface area contributed by atoms with Crippen molar-refractivity contribution < 1.29 is 4.79 Å². The molecule has 0 spiro atoms. The van der Waals surface area contributed by atoms with Crippen molar-refractivity contribution in [3.05, 3.63) is 34.6 Å². The minimum Gasteiger partial charge on any atom is -0.325 e. The summed E-state index contributed by atoms with van der Waals surface area (Å²) in [5, 5.41) is 12.5. The van der Waals surface area contributed by atoms with Gasteiger partial charge in [-0.15, -0.1) is 10.2 Å². The van der Waals surface area contributed by atoms with E-state index in [2.05, 4.69) is 36.0 Å². The van der Waals surface area contributed by atoms with Crippen molar-refractivity contribution in [3.8, 4) is 0 Å². The standard InChI is InChI=1S/C16H17BrN4OS/c17-11-3-5-12(6-4-11)18-14(22)9-23-16-20-19-15(10-1-2-10)21(16)13-7-8-13/h3-6,10,13H,1-2,7-9H2,(H,18,22). The molecule has 4 rings (SSSR count). The number of carbonyl (C=O) groups excluding carboxylic acids is 1. The molecular weight excluding hydrogens is 376 g/mol. The van der Waals surface area contributed by atoms with Gasteiger partial charge in [0.05, 0.1) is 5.75 Å². The first-order chi connectivity index (χ1) is 11.2. The van der Waals surface area contributed by atoms with E-state index >= 15 is 0 Å². The van der Waals surface area contributed by atoms with Crippen LogP contribution in [0.15, 0.2) is 33.9 Å². The fraction of sp³-hybridized carbons (Fsp3) is 0.438. The zero-order chi connectivity index (χ0) is 15.8. The molecule has 2 aliphatic carbocycles. The van der Waals surface area contributed by atoms with E-state index < -0.39 is 0 Å². The molecule has 0 aliphatic heterocycles. The Bertz CT molecular complexity index is 722. The summed E-state index contributed by atoms with van der Waals surface area (Å²) in [5.41, 5.74) is 0.807.